The predicted octanol–water partition coefficient (Wildman–Crippen LogP) is 0.849. The van der Waals surface area contributed by atoms with Crippen LogP contribution < -0.4 is 11.1 Å². The summed E-state index contributed by atoms with van der Waals surface area (Å²) in [7, 11) is 1.64. The number of hydrogen-bond donors (Lipinski definition) is 2. The van der Waals surface area contributed by atoms with Gasteiger partial charge in [-0.2, -0.15) is 0 Å². The number of imidazole rings is 1. The van der Waals surface area contributed by atoms with Crippen LogP contribution in [0, 0.1) is 5.41 Å². The lowest BCUT2D eigenvalue weighted by molar-refractivity contribution is -0.129. The van der Waals surface area contributed by atoms with Crippen molar-refractivity contribution >= 4 is 5.91 Å². The molecule has 17 heavy (non-hydrogen) atoms. The molecule has 1 aromatic rings. The largest absolute Gasteiger partial charge is 0.359 e. The van der Waals surface area contributed by atoms with Gasteiger partial charge in [0.05, 0.1) is 23.0 Å². The van der Waals surface area contributed by atoms with E-state index >= 15 is 0 Å². The van der Waals surface area contributed by atoms with Crippen LogP contribution >= 0.6 is 0 Å². The Morgan fingerprint density at radius 2 is 2.06 bits per heavy atom. The Morgan fingerprint density at radius 1 is 1.47 bits per heavy atom. The van der Waals surface area contributed by atoms with E-state index in [0.29, 0.717) is 6.54 Å². The molecule has 0 radical (unpaired) electrons. The Hall–Kier alpha value is -1.36. The molecule has 1 heterocycles. The van der Waals surface area contributed by atoms with Gasteiger partial charge in [0.25, 0.3) is 0 Å². The van der Waals surface area contributed by atoms with E-state index in [4.69, 9.17) is 5.73 Å². The second-order valence-electron chi connectivity index (χ2n) is 5.59. The molecule has 5 nitrogen and oxygen atoms in total. The summed E-state index contributed by atoms with van der Waals surface area (Å²) in [5.41, 5.74) is 6.04. The van der Waals surface area contributed by atoms with Crippen molar-refractivity contribution in [1.29, 1.82) is 0 Å². The smallest absolute Gasteiger partial charge is 0.227 e. The Morgan fingerprint density at radius 3 is 2.53 bits per heavy atom. The number of nitrogens with zero attached hydrogens (tertiary/aromatic N) is 2. The highest BCUT2D eigenvalue weighted by Crippen LogP contribution is 2.23. The maximum atomic E-state index is 11.7. The molecule has 0 bridgehead atoms. The van der Waals surface area contributed by atoms with Gasteiger partial charge in [-0.25, -0.2) is 4.98 Å². The van der Waals surface area contributed by atoms with Crippen LogP contribution in [0.5, 0.6) is 0 Å². The number of rotatable bonds is 4. The summed E-state index contributed by atoms with van der Waals surface area (Å²) in [6, 6.07) is 0. The van der Waals surface area contributed by atoms with Crippen LogP contribution in [0.15, 0.2) is 12.5 Å². The van der Waals surface area contributed by atoms with Gasteiger partial charge in [0.1, 0.15) is 0 Å². The summed E-state index contributed by atoms with van der Waals surface area (Å²) < 4.78 is 1.94. The molecule has 0 fully saturated rings. The van der Waals surface area contributed by atoms with E-state index in [1.807, 2.05) is 32.3 Å². The highest BCUT2D eigenvalue weighted by Gasteiger charge is 2.29. The van der Waals surface area contributed by atoms with Gasteiger partial charge >= 0.3 is 0 Å². The monoisotopic (exact) mass is 238 g/mol. The van der Waals surface area contributed by atoms with E-state index < -0.39 is 11.0 Å². The van der Waals surface area contributed by atoms with Crippen LogP contribution in [0.4, 0.5) is 0 Å². The molecule has 0 spiro atoms. The van der Waals surface area contributed by atoms with Gasteiger partial charge < -0.3 is 15.6 Å². The first-order chi connectivity index (χ1) is 7.68. The molecule has 96 valence electrons. The number of amides is 1. The minimum Gasteiger partial charge on any atom is -0.359 e. The number of carbonyl (C=O) groups is 1. The topological polar surface area (TPSA) is 72.9 Å². The lowest BCUT2D eigenvalue weighted by atomic mass is 9.91. The first kappa shape index (κ1) is 13.7. The van der Waals surface area contributed by atoms with Crippen LogP contribution in [-0.4, -0.2) is 22.5 Å². The summed E-state index contributed by atoms with van der Waals surface area (Å²) in [5.74, 6) is 0.00646. The zero-order valence-corrected chi connectivity index (χ0v) is 11.2. The normalized spacial score (nSPS) is 12.6. The Balaban J connectivity index is 2.97. The summed E-state index contributed by atoms with van der Waals surface area (Å²) >= 11 is 0. The fraction of sp³-hybridized carbons (Fsp3) is 0.667. The molecule has 5 heteroatoms. The highest BCUT2D eigenvalue weighted by molar-refractivity contribution is 5.81. The van der Waals surface area contributed by atoms with Gasteiger partial charge in [0.2, 0.25) is 5.91 Å². The standard InChI is InChI=1S/C12H22N4O/c1-11(2,10(17)14-5)7-16-8-15-6-9(16)12(3,4)13/h6,8H,7,13H2,1-5H3,(H,14,17). The molecule has 0 aliphatic heterocycles. The average molecular weight is 238 g/mol. The molecule has 0 aromatic carbocycles. The molecule has 1 aromatic heterocycles. The Bertz CT molecular complexity index is 401. The van der Waals surface area contributed by atoms with Gasteiger partial charge in [-0.1, -0.05) is 0 Å². The van der Waals surface area contributed by atoms with E-state index in [9.17, 15) is 4.79 Å². The van der Waals surface area contributed by atoms with E-state index in [2.05, 4.69) is 10.3 Å². The van der Waals surface area contributed by atoms with Gasteiger partial charge in [-0.05, 0) is 27.7 Å². The molecular weight excluding hydrogens is 216 g/mol. The molecule has 0 saturated carbocycles. The molecule has 0 aliphatic rings. The molecule has 3 N–H and O–H groups in total. The number of hydrogen-bond acceptors (Lipinski definition) is 3. The predicted molar refractivity (Wildman–Crippen MR) is 67.3 cm³/mol. The van der Waals surface area contributed by atoms with Crippen molar-refractivity contribution in [2.75, 3.05) is 7.05 Å². The van der Waals surface area contributed by atoms with E-state index in [1.165, 1.54) is 0 Å². The van der Waals surface area contributed by atoms with Crippen LogP contribution in [0.2, 0.25) is 0 Å². The molecule has 0 saturated heterocycles. The van der Waals surface area contributed by atoms with Crippen molar-refractivity contribution in [1.82, 2.24) is 14.9 Å². The number of carbonyl (C=O) groups excluding carboxylic acids is 1. The van der Waals surface area contributed by atoms with Gasteiger partial charge in [0, 0.05) is 19.8 Å². The molecule has 1 amide bonds. The van der Waals surface area contributed by atoms with Crippen molar-refractivity contribution in [3.05, 3.63) is 18.2 Å². The van der Waals surface area contributed by atoms with Crippen molar-refractivity contribution in [2.45, 2.75) is 39.8 Å². The second-order valence-corrected chi connectivity index (χ2v) is 5.59. The van der Waals surface area contributed by atoms with Crippen molar-refractivity contribution < 1.29 is 4.79 Å². The van der Waals surface area contributed by atoms with Gasteiger partial charge in [-0.15, -0.1) is 0 Å². The third kappa shape index (κ3) is 3.06. The third-order valence-electron chi connectivity index (χ3n) is 2.78. The minimum absolute atomic E-state index is 0.00646. The van der Waals surface area contributed by atoms with Gasteiger partial charge in [0.15, 0.2) is 0 Å². The molecule has 0 atom stereocenters. The van der Waals surface area contributed by atoms with Crippen LogP contribution in [0.1, 0.15) is 33.4 Å². The lowest BCUT2D eigenvalue weighted by Gasteiger charge is -2.27. The van der Waals surface area contributed by atoms with E-state index in [0.717, 1.165) is 5.69 Å². The van der Waals surface area contributed by atoms with E-state index in [1.54, 1.807) is 19.6 Å². The SMILES string of the molecule is CNC(=O)C(C)(C)Cn1cncc1C(C)(C)N. The van der Waals surface area contributed by atoms with Crippen LogP contribution in [-0.2, 0) is 16.9 Å². The van der Waals surface area contributed by atoms with Crippen LogP contribution in [0.3, 0.4) is 0 Å². The molecule has 0 aliphatic carbocycles. The zero-order valence-electron chi connectivity index (χ0n) is 11.2. The first-order valence-electron chi connectivity index (χ1n) is 5.70. The number of nitrogens with two attached hydrogens (primary N) is 1. The fourth-order valence-electron chi connectivity index (χ4n) is 1.82. The summed E-state index contributed by atoms with van der Waals surface area (Å²) in [5, 5.41) is 2.67. The van der Waals surface area contributed by atoms with Crippen molar-refractivity contribution in [2.24, 2.45) is 11.1 Å². The number of aromatic nitrogens is 2. The van der Waals surface area contributed by atoms with E-state index in [-0.39, 0.29) is 5.91 Å². The summed E-state index contributed by atoms with van der Waals surface area (Å²) in [6.07, 6.45) is 3.47. The highest BCUT2D eigenvalue weighted by atomic mass is 16.2. The van der Waals surface area contributed by atoms with Gasteiger partial charge in [-0.3, -0.25) is 4.79 Å². The minimum atomic E-state index is -0.491. The molecular formula is C12H22N4O. The van der Waals surface area contributed by atoms with Crippen LogP contribution in [0.25, 0.3) is 0 Å². The maximum absolute atomic E-state index is 11.7. The second kappa shape index (κ2) is 4.49. The number of nitrogens with one attached hydrogen (secondary N) is 1. The van der Waals surface area contributed by atoms with Crippen molar-refractivity contribution in [3.63, 3.8) is 0 Å². The molecule has 0 unspecified atom stereocenters. The Kier molecular flexibility index (Phi) is 3.62. The average Bonchev–Trinajstić information content (AvgIpc) is 2.63. The molecule has 1 rings (SSSR count). The lowest BCUT2D eigenvalue weighted by Crippen LogP contribution is -2.39. The first-order valence-corrected chi connectivity index (χ1v) is 5.70. The fourth-order valence-corrected chi connectivity index (χ4v) is 1.82. The zero-order chi connectivity index (χ0) is 13.3. The quantitative estimate of drug-likeness (QED) is 0.816. The summed E-state index contributed by atoms with van der Waals surface area (Å²) in [6.45, 7) is 8.21. The van der Waals surface area contributed by atoms with Crippen molar-refractivity contribution in [3.8, 4) is 0 Å². The Labute approximate surface area is 102 Å². The maximum Gasteiger partial charge on any atom is 0.227 e. The summed E-state index contributed by atoms with van der Waals surface area (Å²) in [4.78, 5) is 15.9. The third-order valence-corrected chi connectivity index (χ3v) is 2.78.